The highest BCUT2D eigenvalue weighted by atomic mass is 16.5. The lowest BCUT2D eigenvalue weighted by Crippen LogP contribution is -2.33. The molecule has 1 saturated heterocycles. The number of imidazole rings is 1. The van der Waals surface area contributed by atoms with Gasteiger partial charge in [-0.2, -0.15) is 0 Å². The van der Waals surface area contributed by atoms with Crippen LogP contribution in [0.25, 0.3) is 11.0 Å². The average molecular weight is 509 g/mol. The first kappa shape index (κ1) is 26.3. The molecule has 1 atom stereocenters. The molecule has 0 spiro atoms. The third kappa shape index (κ3) is 5.81. The monoisotopic (exact) mass is 508 g/mol. The Morgan fingerprint density at radius 3 is 2.24 bits per heavy atom. The van der Waals surface area contributed by atoms with Crippen LogP contribution in [0.3, 0.4) is 0 Å². The van der Waals surface area contributed by atoms with Crippen LogP contribution >= 0.6 is 0 Å². The molecule has 1 N–H and O–H groups in total. The van der Waals surface area contributed by atoms with Crippen molar-refractivity contribution in [1.82, 2.24) is 19.8 Å². The molecule has 1 unspecified atom stereocenters. The van der Waals surface area contributed by atoms with Gasteiger partial charge in [-0.25, -0.2) is 4.98 Å². The van der Waals surface area contributed by atoms with Gasteiger partial charge in [0.15, 0.2) is 11.5 Å². The second-order valence-corrected chi connectivity index (χ2v) is 9.26. The van der Waals surface area contributed by atoms with Crippen molar-refractivity contribution in [2.75, 3.05) is 34.4 Å². The smallest absolute Gasteiger partial charge is 0.252 e. The molecule has 1 aliphatic rings. The largest absolute Gasteiger partial charge is 0.493 e. The first-order valence-corrected chi connectivity index (χ1v) is 12.8. The van der Waals surface area contributed by atoms with Gasteiger partial charge in [0.1, 0.15) is 5.82 Å². The normalized spacial score (nSPS) is 14.6. The maximum absolute atomic E-state index is 13.2. The summed E-state index contributed by atoms with van der Waals surface area (Å²) in [4.78, 5) is 33.0. The van der Waals surface area contributed by atoms with Gasteiger partial charge in [-0.05, 0) is 44.0 Å². The summed E-state index contributed by atoms with van der Waals surface area (Å²) in [6.07, 6.45) is 4.89. The lowest BCUT2D eigenvalue weighted by Gasteiger charge is -2.21. The third-order valence-electron chi connectivity index (χ3n) is 6.85. The van der Waals surface area contributed by atoms with E-state index in [2.05, 4.69) is 5.32 Å². The van der Waals surface area contributed by atoms with E-state index in [4.69, 9.17) is 19.2 Å². The number of amides is 2. The van der Waals surface area contributed by atoms with Crippen LogP contribution < -0.4 is 19.5 Å². The highest BCUT2D eigenvalue weighted by molar-refractivity contribution is 5.96. The molecular formula is C28H36N4O5. The average Bonchev–Trinajstić information content (AvgIpc) is 3.08. The standard InChI is InChI=1S/C28H36N4O5/c1-19(29-28(34)20-17-23(35-2)26(37-4)24(18-20)36-3)27-30-21-11-7-8-12-22(21)32(27)16-13-25(33)31-14-9-5-6-10-15-31/h7-8,11-12,17-19H,5-6,9-10,13-16H2,1-4H3,(H,29,34). The fraction of sp³-hybridized carbons (Fsp3) is 0.464. The van der Waals surface area contributed by atoms with E-state index in [-0.39, 0.29) is 11.8 Å². The molecule has 2 amide bonds. The molecule has 0 bridgehead atoms. The molecule has 1 aromatic heterocycles. The predicted molar refractivity (Wildman–Crippen MR) is 141 cm³/mol. The van der Waals surface area contributed by atoms with Crippen molar-refractivity contribution in [3.05, 3.63) is 47.8 Å². The van der Waals surface area contributed by atoms with Crippen LogP contribution in [-0.4, -0.2) is 60.7 Å². The van der Waals surface area contributed by atoms with Gasteiger partial charge in [0.2, 0.25) is 11.7 Å². The quantitative estimate of drug-likeness (QED) is 0.462. The van der Waals surface area contributed by atoms with E-state index in [1.807, 2.05) is 40.7 Å². The van der Waals surface area contributed by atoms with Gasteiger partial charge in [0.05, 0.1) is 38.4 Å². The number of aromatic nitrogens is 2. The van der Waals surface area contributed by atoms with Crippen molar-refractivity contribution >= 4 is 22.8 Å². The van der Waals surface area contributed by atoms with Crippen LogP contribution in [-0.2, 0) is 11.3 Å². The summed E-state index contributed by atoms with van der Waals surface area (Å²) in [6.45, 7) is 4.05. The minimum absolute atomic E-state index is 0.166. The lowest BCUT2D eigenvalue weighted by molar-refractivity contribution is -0.131. The van der Waals surface area contributed by atoms with Gasteiger partial charge in [-0.15, -0.1) is 0 Å². The summed E-state index contributed by atoms with van der Waals surface area (Å²) in [5, 5.41) is 3.04. The number of rotatable bonds is 9. The van der Waals surface area contributed by atoms with Gasteiger partial charge in [0, 0.05) is 31.6 Å². The number of fused-ring (bicyclic) bond motifs is 1. The SMILES string of the molecule is COc1cc(C(=O)NC(C)c2nc3ccccc3n2CCC(=O)N2CCCCCC2)cc(OC)c1OC. The maximum Gasteiger partial charge on any atom is 0.252 e. The molecule has 3 aromatic rings. The number of nitrogens with one attached hydrogen (secondary N) is 1. The maximum atomic E-state index is 13.2. The Balaban J connectivity index is 1.56. The topological polar surface area (TPSA) is 94.9 Å². The van der Waals surface area contributed by atoms with Crippen LogP contribution in [0, 0.1) is 0 Å². The number of benzene rings is 2. The molecule has 0 radical (unpaired) electrons. The van der Waals surface area contributed by atoms with E-state index in [1.165, 1.54) is 34.2 Å². The van der Waals surface area contributed by atoms with Gasteiger partial charge in [0.25, 0.3) is 5.91 Å². The molecule has 9 nitrogen and oxygen atoms in total. The Labute approximate surface area is 217 Å². The van der Waals surface area contributed by atoms with Crippen molar-refractivity contribution in [1.29, 1.82) is 0 Å². The molecule has 198 valence electrons. The number of aryl methyl sites for hydroxylation is 1. The summed E-state index contributed by atoms with van der Waals surface area (Å²) in [7, 11) is 4.54. The fourth-order valence-electron chi connectivity index (χ4n) is 4.90. The number of para-hydroxylation sites is 2. The Hall–Kier alpha value is -3.75. The van der Waals surface area contributed by atoms with Crippen molar-refractivity contribution in [3.8, 4) is 17.2 Å². The number of methoxy groups -OCH3 is 3. The van der Waals surface area contributed by atoms with Crippen molar-refractivity contribution in [3.63, 3.8) is 0 Å². The molecule has 1 aliphatic heterocycles. The summed E-state index contributed by atoms with van der Waals surface area (Å²) in [5.74, 6) is 1.79. The van der Waals surface area contributed by atoms with Crippen molar-refractivity contribution < 1.29 is 23.8 Å². The lowest BCUT2D eigenvalue weighted by atomic mass is 10.1. The first-order chi connectivity index (χ1) is 18.0. The number of carbonyl (C=O) groups is 2. The second-order valence-electron chi connectivity index (χ2n) is 9.26. The Bertz CT molecular complexity index is 1220. The zero-order chi connectivity index (χ0) is 26.4. The van der Waals surface area contributed by atoms with Gasteiger partial charge < -0.3 is 29.0 Å². The van der Waals surface area contributed by atoms with Crippen LogP contribution in [0.5, 0.6) is 17.2 Å². The van der Waals surface area contributed by atoms with Gasteiger partial charge in [-0.3, -0.25) is 9.59 Å². The number of likely N-dealkylation sites (tertiary alicyclic amines) is 1. The van der Waals surface area contributed by atoms with Crippen molar-refractivity contribution in [2.45, 2.75) is 51.6 Å². The highest BCUT2D eigenvalue weighted by Crippen LogP contribution is 2.38. The minimum Gasteiger partial charge on any atom is -0.493 e. The number of hydrogen-bond acceptors (Lipinski definition) is 6. The van der Waals surface area contributed by atoms with E-state index in [1.54, 1.807) is 12.1 Å². The number of hydrogen-bond donors (Lipinski definition) is 1. The molecule has 9 heteroatoms. The van der Waals surface area contributed by atoms with E-state index in [0.717, 1.165) is 37.0 Å². The third-order valence-corrected chi connectivity index (χ3v) is 6.85. The van der Waals surface area contributed by atoms with E-state index < -0.39 is 6.04 Å². The predicted octanol–water partition coefficient (Wildman–Crippen LogP) is 4.35. The van der Waals surface area contributed by atoms with Crippen LogP contribution in [0.15, 0.2) is 36.4 Å². The second kappa shape index (κ2) is 12.0. The number of nitrogens with zero attached hydrogens (tertiary/aromatic N) is 3. The van der Waals surface area contributed by atoms with Crippen LogP contribution in [0.1, 0.15) is 61.3 Å². The summed E-state index contributed by atoms with van der Waals surface area (Å²) in [6, 6.07) is 10.7. The number of carbonyl (C=O) groups excluding carboxylic acids is 2. The van der Waals surface area contributed by atoms with Gasteiger partial charge in [-0.1, -0.05) is 25.0 Å². The van der Waals surface area contributed by atoms with E-state index in [0.29, 0.717) is 41.6 Å². The van der Waals surface area contributed by atoms with Crippen LogP contribution in [0.2, 0.25) is 0 Å². The van der Waals surface area contributed by atoms with Crippen molar-refractivity contribution in [2.24, 2.45) is 0 Å². The Morgan fingerprint density at radius 1 is 0.973 bits per heavy atom. The fourth-order valence-corrected chi connectivity index (χ4v) is 4.90. The van der Waals surface area contributed by atoms with E-state index >= 15 is 0 Å². The molecule has 1 fully saturated rings. The Morgan fingerprint density at radius 2 is 1.62 bits per heavy atom. The van der Waals surface area contributed by atoms with Gasteiger partial charge >= 0.3 is 0 Å². The molecule has 2 heterocycles. The van der Waals surface area contributed by atoms with Crippen LogP contribution in [0.4, 0.5) is 0 Å². The molecule has 2 aromatic carbocycles. The summed E-state index contributed by atoms with van der Waals surface area (Å²) in [5.41, 5.74) is 2.14. The zero-order valence-corrected chi connectivity index (χ0v) is 22.1. The van der Waals surface area contributed by atoms with E-state index in [9.17, 15) is 9.59 Å². The summed E-state index contributed by atoms with van der Waals surface area (Å²) >= 11 is 0. The first-order valence-electron chi connectivity index (χ1n) is 12.8. The molecule has 37 heavy (non-hydrogen) atoms. The minimum atomic E-state index is -0.410. The molecule has 0 saturated carbocycles. The highest BCUT2D eigenvalue weighted by Gasteiger charge is 2.23. The molecule has 0 aliphatic carbocycles. The number of ether oxygens (including phenoxy) is 3. The molecule has 4 rings (SSSR count). The zero-order valence-electron chi connectivity index (χ0n) is 22.1. The Kier molecular flexibility index (Phi) is 8.53. The molecular weight excluding hydrogens is 472 g/mol. The summed E-state index contributed by atoms with van der Waals surface area (Å²) < 4.78 is 18.2.